The second-order valence-corrected chi connectivity index (χ2v) is 9.45. The van der Waals surface area contributed by atoms with E-state index in [0.29, 0.717) is 0 Å². The molecular weight excluding hydrogens is 380 g/mol. The van der Waals surface area contributed by atoms with E-state index in [-0.39, 0.29) is 19.6 Å². The molecule has 2 unspecified atom stereocenters. The van der Waals surface area contributed by atoms with Gasteiger partial charge in [-0.2, -0.15) is 0 Å². The van der Waals surface area contributed by atoms with Crippen LogP contribution in [0.4, 0.5) is 9.59 Å². The fourth-order valence-corrected chi connectivity index (χ4v) is 2.92. The predicted molar refractivity (Wildman–Crippen MR) is 106 cm³/mol. The van der Waals surface area contributed by atoms with Gasteiger partial charge in [-0.25, -0.2) is 14.4 Å². The Kier molecular flexibility index (Phi) is 7.93. The molecule has 9 nitrogen and oxygen atoms in total. The standard InChI is InChI=1S/C20H36N2O7/c1-10-26-15(23)14(21-16(24)28-18(2,3)4)11-13-12-27-20(8,9)22(13)17(25)29-19(5,6)7/h13-14H,10-12H2,1-9H3,(H,21,24). The highest BCUT2D eigenvalue weighted by atomic mass is 16.6. The van der Waals surface area contributed by atoms with Gasteiger partial charge in [-0.05, 0) is 62.3 Å². The normalized spacial score (nSPS) is 20.0. The number of carbonyl (C=O) groups is 3. The third-order valence-electron chi connectivity index (χ3n) is 3.93. The third-order valence-corrected chi connectivity index (χ3v) is 3.93. The molecular formula is C20H36N2O7. The summed E-state index contributed by atoms with van der Waals surface area (Å²) in [7, 11) is 0. The van der Waals surface area contributed by atoms with E-state index in [1.807, 2.05) is 0 Å². The van der Waals surface area contributed by atoms with E-state index in [0.717, 1.165) is 0 Å². The SMILES string of the molecule is CCOC(=O)C(CC1COC(C)(C)N1C(=O)OC(C)(C)C)NC(=O)OC(C)(C)C. The van der Waals surface area contributed by atoms with Gasteiger partial charge in [0.05, 0.1) is 19.3 Å². The van der Waals surface area contributed by atoms with Crippen molar-refractivity contribution in [3.63, 3.8) is 0 Å². The van der Waals surface area contributed by atoms with E-state index in [1.54, 1.807) is 62.3 Å². The number of amides is 2. The molecule has 1 heterocycles. The van der Waals surface area contributed by atoms with Crippen LogP contribution in [-0.4, -0.2) is 65.3 Å². The van der Waals surface area contributed by atoms with Crippen molar-refractivity contribution in [2.45, 2.75) is 97.7 Å². The molecule has 2 amide bonds. The average molecular weight is 417 g/mol. The van der Waals surface area contributed by atoms with Crippen LogP contribution < -0.4 is 5.32 Å². The Balaban J connectivity index is 3.01. The first kappa shape index (κ1) is 25.0. The minimum absolute atomic E-state index is 0.0980. The van der Waals surface area contributed by atoms with Crippen molar-refractivity contribution in [2.75, 3.05) is 13.2 Å². The number of hydrogen-bond donors (Lipinski definition) is 1. The van der Waals surface area contributed by atoms with E-state index >= 15 is 0 Å². The highest BCUT2D eigenvalue weighted by molar-refractivity contribution is 5.81. The van der Waals surface area contributed by atoms with Gasteiger partial charge in [0, 0.05) is 6.42 Å². The first-order valence-corrected chi connectivity index (χ1v) is 9.88. The first-order chi connectivity index (χ1) is 13.1. The Labute approximate surface area is 173 Å². The van der Waals surface area contributed by atoms with Crippen LogP contribution in [-0.2, 0) is 23.7 Å². The van der Waals surface area contributed by atoms with Crippen LogP contribution >= 0.6 is 0 Å². The summed E-state index contributed by atoms with van der Waals surface area (Å²) in [5.41, 5.74) is -2.32. The van der Waals surface area contributed by atoms with Gasteiger partial charge in [0.25, 0.3) is 0 Å². The summed E-state index contributed by atoms with van der Waals surface area (Å²) >= 11 is 0. The summed E-state index contributed by atoms with van der Waals surface area (Å²) in [4.78, 5) is 38.9. The molecule has 0 bridgehead atoms. The average Bonchev–Trinajstić information content (AvgIpc) is 2.77. The van der Waals surface area contributed by atoms with Crippen LogP contribution in [0.15, 0.2) is 0 Å². The lowest BCUT2D eigenvalue weighted by atomic mass is 10.1. The summed E-state index contributed by atoms with van der Waals surface area (Å²) in [6, 6.07) is -1.50. The summed E-state index contributed by atoms with van der Waals surface area (Å²) in [5.74, 6) is -0.604. The maximum atomic E-state index is 12.8. The molecule has 1 aliphatic rings. The molecule has 0 aromatic carbocycles. The van der Waals surface area contributed by atoms with E-state index in [2.05, 4.69) is 5.32 Å². The van der Waals surface area contributed by atoms with Crippen molar-refractivity contribution >= 4 is 18.2 Å². The van der Waals surface area contributed by atoms with Crippen molar-refractivity contribution in [1.29, 1.82) is 0 Å². The van der Waals surface area contributed by atoms with Crippen molar-refractivity contribution in [3.8, 4) is 0 Å². The van der Waals surface area contributed by atoms with Crippen molar-refractivity contribution < 1.29 is 33.3 Å². The van der Waals surface area contributed by atoms with Gasteiger partial charge in [-0.3, -0.25) is 4.90 Å². The zero-order valence-electron chi connectivity index (χ0n) is 19.1. The zero-order chi connectivity index (χ0) is 22.6. The molecule has 0 radical (unpaired) electrons. The lowest BCUT2D eigenvalue weighted by molar-refractivity contribution is -0.146. The van der Waals surface area contributed by atoms with Gasteiger partial charge in [0.1, 0.15) is 23.0 Å². The van der Waals surface area contributed by atoms with E-state index < -0.39 is 47.2 Å². The topological polar surface area (TPSA) is 103 Å². The number of carbonyl (C=O) groups excluding carboxylic acids is 3. The Bertz CT molecular complexity index is 605. The third kappa shape index (κ3) is 8.08. The zero-order valence-corrected chi connectivity index (χ0v) is 19.1. The molecule has 0 aromatic rings. The quantitative estimate of drug-likeness (QED) is 0.542. The lowest BCUT2D eigenvalue weighted by Crippen LogP contribution is -2.53. The summed E-state index contributed by atoms with van der Waals surface area (Å²) < 4.78 is 21.6. The fourth-order valence-electron chi connectivity index (χ4n) is 2.92. The number of hydrogen-bond acceptors (Lipinski definition) is 7. The fraction of sp³-hybridized carbons (Fsp3) is 0.850. The Morgan fingerprint density at radius 1 is 1.10 bits per heavy atom. The number of ether oxygens (including phenoxy) is 4. The van der Waals surface area contributed by atoms with Gasteiger partial charge in [-0.1, -0.05) is 0 Å². The Hall–Kier alpha value is -2.03. The molecule has 1 fully saturated rings. The number of nitrogens with one attached hydrogen (secondary N) is 1. The molecule has 1 rings (SSSR count). The number of rotatable bonds is 5. The van der Waals surface area contributed by atoms with E-state index in [9.17, 15) is 14.4 Å². The molecule has 2 atom stereocenters. The van der Waals surface area contributed by atoms with E-state index in [4.69, 9.17) is 18.9 Å². The van der Waals surface area contributed by atoms with Gasteiger partial charge in [-0.15, -0.1) is 0 Å². The van der Waals surface area contributed by atoms with Crippen molar-refractivity contribution in [1.82, 2.24) is 10.2 Å². The number of esters is 1. The second-order valence-electron chi connectivity index (χ2n) is 9.45. The van der Waals surface area contributed by atoms with Crippen LogP contribution in [0.2, 0.25) is 0 Å². The van der Waals surface area contributed by atoms with Crippen LogP contribution in [0, 0.1) is 0 Å². The van der Waals surface area contributed by atoms with E-state index in [1.165, 1.54) is 4.90 Å². The molecule has 9 heteroatoms. The van der Waals surface area contributed by atoms with Gasteiger partial charge >= 0.3 is 18.2 Å². The van der Waals surface area contributed by atoms with Crippen molar-refractivity contribution in [2.24, 2.45) is 0 Å². The smallest absolute Gasteiger partial charge is 0.412 e. The van der Waals surface area contributed by atoms with Gasteiger partial charge in [0.2, 0.25) is 0 Å². The summed E-state index contributed by atoms with van der Waals surface area (Å²) in [6.45, 7) is 16.0. The largest absolute Gasteiger partial charge is 0.464 e. The van der Waals surface area contributed by atoms with Crippen LogP contribution in [0.1, 0.15) is 68.7 Å². The molecule has 0 aromatic heterocycles. The number of nitrogens with zero attached hydrogens (tertiary/aromatic N) is 1. The lowest BCUT2D eigenvalue weighted by Gasteiger charge is -2.36. The maximum absolute atomic E-state index is 12.8. The Morgan fingerprint density at radius 3 is 2.14 bits per heavy atom. The van der Waals surface area contributed by atoms with Crippen LogP contribution in [0.5, 0.6) is 0 Å². The molecule has 0 spiro atoms. The number of alkyl carbamates (subject to hydrolysis) is 1. The minimum atomic E-state index is -1.00. The molecule has 168 valence electrons. The highest BCUT2D eigenvalue weighted by Crippen LogP contribution is 2.31. The molecule has 1 aliphatic heterocycles. The molecule has 1 saturated heterocycles. The second kappa shape index (κ2) is 9.19. The minimum Gasteiger partial charge on any atom is -0.464 e. The van der Waals surface area contributed by atoms with Gasteiger partial charge < -0.3 is 24.3 Å². The molecule has 1 N–H and O–H groups in total. The summed E-state index contributed by atoms with van der Waals surface area (Å²) in [6.07, 6.45) is -1.19. The monoisotopic (exact) mass is 416 g/mol. The van der Waals surface area contributed by atoms with Crippen LogP contribution in [0.3, 0.4) is 0 Å². The summed E-state index contributed by atoms with van der Waals surface area (Å²) in [5, 5.41) is 2.55. The Morgan fingerprint density at radius 2 is 1.66 bits per heavy atom. The predicted octanol–water partition coefficient (Wildman–Crippen LogP) is 3.20. The molecule has 0 saturated carbocycles. The van der Waals surface area contributed by atoms with Gasteiger partial charge in [0.15, 0.2) is 0 Å². The molecule has 29 heavy (non-hydrogen) atoms. The van der Waals surface area contributed by atoms with Crippen LogP contribution in [0.25, 0.3) is 0 Å². The first-order valence-electron chi connectivity index (χ1n) is 9.88. The highest BCUT2D eigenvalue weighted by Gasteiger charge is 2.47. The maximum Gasteiger partial charge on any atom is 0.412 e. The van der Waals surface area contributed by atoms with Crippen molar-refractivity contribution in [3.05, 3.63) is 0 Å². The molecule has 0 aliphatic carbocycles.